The van der Waals surface area contributed by atoms with Gasteiger partial charge < -0.3 is 5.32 Å². The van der Waals surface area contributed by atoms with Crippen LogP contribution in [-0.2, 0) is 14.8 Å². The van der Waals surface area contributed by atoms with Gasteiger partial charge in [0.1, 0.15) is 0 Å². The van der Waals surface area contributed by atoms with E-state index in [2.05, 4.69) is 35.1 Å². The van der Waals surface area contributed by atoms with Crippen LogP contribution in [0.1, 0.15) is 52.4 Å². The molecule has 1 N–H and O–H groups in total. The van der Waals surface area contributed by atoms with Gasteiger partial charge in [-0.3, -0.25) is 9.10 Å². The minimum atomic E-state index is -3.38. The Morgan fingerprint density at radius 3 is 2.38 bits per heavy atom. The van der Waals surface area contributed by atoms with Crippen LogP contribution in [0.4, 0.5) is 5.69 Å². The number of carbonyl (C=O) groups is 1. The summed E-state index contributed by atoms with van der Waals surface area (Å²) in [6, 6.07) is 7.12. The summed E-state index contributed by atoms with van der Waals surface area (Å²) in [7, 11) is -3.38. The van der Waals surface area contributed by atoms with E-state index in [1.807, 2.05) is 0 Å². The Morgan fingerprint density at radius 2 is 1.85 bits per heavy atom. The van der Waals surface area contributed by atoms with Gasteiger partial charge in [0.15, 0.2) is 0 Å². The number of benzene rings is 1. The van der Waals surface area contributed by atoms with Crippen molar-refractivity contribution in [3.05, 3.63) is 28.7 Å². The van der Waals surface area contributed by atoms with Crippen LogP contribution in [0, 0.1) is 5.92 Å². The second-order valence-electron chi connectivity index (χ2n) is 6.64. The van der Waals surface area contributed by atoms with Crippen LogP contribution >= 0.6 is 15.9 Å². The summed E-state index contributed by atoms with van der Waals surface area (Å²) < 4.78 is 26.4. The molecule has 0 aliphatic rings. The first-order valence-electron chi connectivity index (χ1n) is 9.27. The largest absolute Gasteiger partial charge is 0.356 e. The predicted molar refractivity (Wildman–Crippen MR) is 112 cm³/mol. The zero-order chi connectivity index (χ0) is 19.6. The summed E-state index contributed by atoms with van der Waals surface area (Å²) in [5.74, 6) is 0.512. The first-order valence-corrected chi connectivity index (χ1v) is 11.9. The van der Waals surface area contributed by atoms with Crippen molar-refractivity contribution >= 4 is 37.5 Å². The molecule has 1 amide bonds. The summed E-state index contributed by atoms with van der Waals surface area (Å²) in [5, 5.41) is 2.99. The topological polar surface area (TPSA) is 66.5 Å². The number of anilines is 1. The number of nitrogens with zero attached hydrogens (tertiary/aromatic N) is 1. The molecule has 0 aliphatic carbocycles. The van der Waals surface area contributed by atoms with E-state index < -0.39 is 10.0 Å². The van der Waals surface area contributed by atoms with Gasteiger partial charge in [0, 0.05) is 24.0 Å². The number of hydrogen-bond acceptors (Lipinski definition) is 3. The van der Waals surface area contributed by atoms with Crippen molar-refractivity contribution in [2.75, 3.05) is 23.7 Å². The highest BCUT2D eigenvalue weighted by Gasteiger charge is 2.17. The Balaban J connectivity index is 2.49. The molecule has 0 heterocycles. The molecule has 0 aliphatic heterocycles. The highest BCUT2D eigenvalue weighted by atomic mass is 79.9. The smallest absolute Gasteiger partial charge is 0.232 e. The third-order valence-electron chi connectivity index (χ3n) is 4.41. The number of unbranched alkanes of at least 4 members (excludes halogenated alkanes) is 1. The van der Waals surface area contributed by atoms with Crippen LogP contribution in [0.2, 0.25) is 0 Å². The number of rotatable bonds is 12. The molecule has 0 aromatic heterocycles. The number of nitrogens with one attached hydrogen (secondary N) is 1. The van der Waals surface area contributed by atoms with Gasteiger partial charge in [-0.15, -0.1) is 0 Å². The van der Waals surface area contributed by atoms with E-state index in [1.54, 1.807) is 24.3 Å². The number of amides is 1. The molecular formula is C19H31BrN2O3S. The van der Waals surface area contributed by atoms with Crippen molar-refractivity contribution in [3.63, 3.8) is 0 Å². The highest BCUT2D eigenvalue weighted by molar-refractivity contribution is 9.10. The second-order valence-corrected chi connectivity index (χ2v) is 9.46. The van der Waals surface area contributed by atoms with Gasteiger partial charge in [-0.05, 0) is 43.0 Å². The molecular weight excluding hydrogens is 416 g/mol. The molecule has 0 unspecified atom stereocenters. The Kier molecular flexibility index (Phi) is 10.2. The third kappa shape index (κ3) is 8.54. The maximum atomic E-state index is 12.1. The molecule has 0 bridgehead atoms. The number of sulfonamides is 1. The maximum Gasteiger partial charge on any atom is 0.232 e. The number of halogens is 1. The third-order valence-corrected chi connectivity index (χ3v) is 6.13. The molecule has 1 atom stereocenters. The van der Waals surface area contributed by atoms with Crippen molar-refractivity contribution in [1.29, 1.82) is 0 Å². The predicted octanol–water partition coefficient (Wildman–Crippen LogP) is 4.33. The zero-order valence-corrected chi connectivity index (χ0v) is 18.4. The lowest BCUT2D eigenvalue weighted by atomic mass is 9.99. The van der Waals surface area contributed by atoms with Crippen LogP contribution < -0.4 is 9.62 Å². The van der Waals surface area contributed by atoms with Crippen molar-refractivity contribution in [3.8, 4) is 0 Å². The Hall–Kier alpha value is -1.08. The van der Waals surface area contributed by atoms with Crippen LogP contribution in [0.5, 0.6) is 0 Å². The first-order chi connectivity index (χ1) is 12.3. The molecule has 0 saturated heterocycles. The quantitative estimate of drug-likeness (QED) is 0.519. The SMILES string of the molecule is CCCC[C@@H](CC)CNC(=O)CCCN(c1ccc(Br)cc1)S(C)(=O)=O. The van der Waals surface area contributed by atoms with Gasteiger partial charge in [-0.1, -0.05) is 49.0 Å². The van der Waals surface area contributed by atoms with E-state index in [4.69, 9.17) is 0 Å². The fourth-order valence-electron chi connectivity index (χ4n) is 2.77. The second kappa shape index (κ2) is 11.6. The molecule has 26 heavy (non-hydrogen) atoms. The lowest BCUT2D eigenvalue weighted by Gasteiger charge is -2.22. The van der Waals surface area contributed by atoms with Gasteiger partial charge in [-0.2, -0.15) is 0 Å². The van der Waals surface area contributed by atoms with E-state index in [1.165, 1.54) is 23.4 Å². The highest BCUT2D eigenvalue weighted by Crippen LogP contribution is 2.21. The van der Waals surface area contributed by atoms with Gasteiger partial charge in [-0.25, -0.2) is 8.42 Å². The van der Waals surface area contributed by atoms with Crippen molar-refractivity contribution in [1.82, 2.24) is 5.32 Å². The molecule has 5 nitrogen and oxygen atoms in total. The molecule has 0 radical (unpaired) electrons. The van der Waals surface area contributed by atoms with Crippen molar-refractivity contribution < 1.29 is 13.2 Å². The summed E-state index contributed by atoms with van der Waals surface area (Å²) >= 11 is 3.35. The summed E-state index contributed by atoms with van der Waals surface area (Å²) in [6.45, 7) is 5.32. The molecule has 0 fully saturated rings. The Bertz CT molecular complexity index is 647. The normalized spacial score (nSPS) is 12.6. The fraction of sp³-hybridized carbons (Fsp3) is 0.632. The van der Waals surface area contributed by atoms with E-state index in [0.717, 1.165) is 17.3 Å². The number of hydrogen-bond donors (Lipinski definition) is 1. The lowest BCUT2D eigenvalue weighted by molar-refractivity contribution is -0.121. The Morgan fingerprint density at radius 1 is 1.19 bits per heavy atom. The molecule has 0 saturated carbocycles. The molecule has 0 spiro atoms. The maximum absolute atomic E-state index is 12.1. The summed E-state index contributed by atoms with van der Waals surface area (Å²) in [4.78, 5) is 12.1. The van der Waals surface area contributed by atoms with Crippen LogP contribution in [0.3, 0.4) is 0 Å². The van der Waals surface area contributed by atoms with Gasteiger partial charge in [0.25, 0.3) is 0 Å². The minimum Gasteiger partial charge on any atom is -0.356 e. The fourth-order valence-corrected chi connectivity index (χ4v) is 4.00. The minimum absolute atomic E-state index is 0.00999. The summed E-state index contributed by atoms with van der Waals surface area (Å²) in [5.41, 5.74) is 0.613. The van der Waals surface area contributed by atoms with Crippen LogP contribution in [0.15, 0.2) is 28.7 Å². The van der Waals surface area contributed by atoms with Crippen LogP contribution in [-0.4, -0.2) is 33.7 Å². The van der Waals surface area contributed by atoms with E-state index in [0.29, 0.717) is 37.5 Å². The Labute approximate surface area is 166 Å². The van der Waals surface area contributed by atoms with E-state index in [9.17, 15) is 13.2 Å². The molecule has 7 heteroatoms. The average molecular weight is 447 g/mol. The zero-order valence-electron chi connectivity index (χ0n) is 16.0. The van der Waals surface area contributed by atoms with Crippen molar-refractivity contribution in [2.45, 2.75) is 52.4 Å². The van der Waals surface area contributed by atoms with Crippen molar-refractivity contribution in [2.24, 2.45) is 5.92 Å². The molecule has 1 aromatic rings. The lowest BCUT2D eigenvalue weighted by Crippen LogP contribution is -2.33. The van der Waals surface area contributed by atoms with E-state index >= 15 is 0 Å². The van der Waals surface area contributed by atoms with E-state index in [-0.39, 0.29) is 5.91 Å². The number of carbonyl (C=O) groups excluding carboxylic acids is 1. The molecule has 1 aromatic carbocycles. The van der Waals surface area contributed by atoms with Gasteiger partial charge >= 0.3 is 0 Å². The molecule has 148 valence electrons. The van der Waals surface area contributed by atoms with Gasteiger partial charge in [0.05, 0.1) is 11.9 Å². The average Bonchev–Trinajstić information content (AvgIpc) is 2.59. The van der Waals surface area contributed by atoms with Gasteiger partial charge in [0.2, 0.25) is 15.9 Å². The van der Waals surface area contributed by atoms with Crippen LogP contribution in [0.25, 0.3) is 0 Å². The first kappa shape index (κ1) is 23.0. The standard InChI is InChI=1S/C19H31BrN2O3S/c1-4-6-8-16(5-2)15-21-19(23)9-7-14-22(26(3,24)25)18-12-10-17(20)11-13-18/h10-13,16H,4-9,14-15H2,1-3H3,(H,21,23)/t16-/m1/s1. The molecule has 1 rings (SSSR count). The summed E-state index contributed by atoms with van der Waals surface area (Å²) in [6.07, 6.45) is 6.55. The monoisotopic (exact) mass is 446 g/mol.